The van der Waals surface area contributed by atoms with E-state index in [0.717, 1.165) is 0 Å². The molecule has 7 heteroatoms. The van der Waals surface area contributed by atoms with Crippen molar-refractivity contribution < 1.29 is 23.9 Å². The summed E-state index contributed by atoms with van der Waals surface area (Å²) in [6, 6.07) is 4.01. The van der Waals surface area contributed by atoms with Gasteiger partial charge in [-0.2, -0.15) is 0 Å². The Kier molecular flexibility index (Phi) is 5.11. The van der Waals surface area contributed by atoms with Crippen molar-refractivity contribution in [3.8, 4) is 11.5 Å². The zero-order chi connectivity index (χ0) is 14.4. The Morgan fingerprint density at radius 3 is 2.58 bits per heavy atom. The number of hydrogen-bond donors (Lipinski definition) is 0. The van der Waals surface area contributed by atoms with Gasteiger partial charge in [-0.1, -0.05) is 0 Å². The second kappa shape index (κ2) is 6.58. The van der Waals surface area contributed by atoms with E-state index in [1.54, 1.807) is 6.92 Å². The van der Waals surface area contributed by atoms with Crippen LogP contribution >= 0.6 is 0 Å². The highest BCUT2D eigenvalue weighted by Crippen LogP contribution is 2.31. The fourth-order valence-electron chi connectivity index (χ4n) is 1.38. The molecule has 0 radical (unpaired) electrons. The Balaban J connectivity index is 2.83. The minimum Gasteiger partial charge on any atom is -0.493 e. The van der Waals surface area contributed by atoms with Gasteiger partial charge in [0.1, 0.15) is 6.61 Å². The number of esters is 1. The zero-order valence-electron chi connectivity index (χ0n) is 10.9. The van der Waals surface area contributed by atoms with Crippen LogP contribution in [0.15, 0.2) is 18.2 Å². The number of carbonyl (C=O) groups is 1. The van der Waals surface area contributed by atoms with Crippen LogP contribution in [0, 0.1) is 16.0 Å². The molecule has 0 saturated carbocycles. The molecule has 1 rings (SSSR count). The van der Waals surface area contributed by atoms with Gasteiger partial charge in [0.15, 0.2) is 11.5 Å². The van der Waals surface area contributed by atoms with E-state index in [9.17, 15) is 14.9 Å². The number of benzene rings is 1. The van der Waals surface area contributed by atoms with Gasteiger partial charge >= 0.3 is 5.97 Å². The van der Waals surface area contributed by atoms with E-state index in [1.165, 1.54) is 32.4 Å². The molecular weight excluding hydrogens is 254 g/mol. The minimum atomic E-state index is -0.532. The third-order valence-corrected chi connectivity index (χ3v) is 2.45. The van der Waals surface area contributed by atoms with E-state index in [0.29, 0.717) is 5.75 Å². The van der Waals surface area contributed by atoms with E-state index in [1.807, 2.05) is 0 Å². The highest BCUT2D eigenvalue weighted by atomic mass is 16.6. The van der Waals surface area contributed by atoms with E-state index < -0.39 is 16.8 Å². The van der Waals surface area contributed by atoms with Crippen molar-refractivity contribution in [3.05, 3.63) is 28.3 Å². The molecule has 104 valence electrons. The second-order valence-corrected chi connectivity index (χ2v) is 3.83. The van der Waals surface area contributed by atoms with Crippen molar-refractivity contribution in [1.29, 1.82) is 0 Å². The standard InChI is InChI=1S/C12H15NO6/c1-8(12(14)18-3)7-19-11-6-9(13(15)16)4-5-10(11)17-2/h4-6,8H,7H2,1-3H3. The molecule has 0 aliphatic rings. The normalized spacial score (nSPS) is 11.5. The molecule has 1 unspecified atom stereocenters. The van der Waals surface area contributed by atoms with Crippen LogP contribution < -0.4 is 9.47 Å². The van der Waals surface area contributed by atoms with Crippen LogP contribution in [0.5, 0.6) is 11.5 Å². The van der Waals surface area contributed by atoms with Gasteiger partial charge in [-0.15, -0.1) is 0 Å². The Morgan fingerprint density at radius 1 is 1.37 bits per heavy atom. The molecule has 1 atom stereocenters. The highest BCUT2D eigenvalue weighted by molar-refractivity contribution is 5.72. The van der Waals surface area contributed by atoms with Crippen molar-refractivity contribution >= 4 is 11.7 Å². The lowest BCUT2D eigenvalue weighted by Gasteiger charge is -2.13. The van der Waals surface area contributed by atoms with E-state index in [4.69, 9.17) is 9.47 Å². The average molecular weight is 269 g/mol. The quantitative estimate of drug-likeness (QED) is 0.444. The Hall–Kier alpha value is -2.31. The number of methoxy groups -OCH3 is 2. The number of carbonyl (C=O) groups excluding carboxylic acids is 1. The summed E-state index contributed by atoms with van der Waals surface area (Å²) in [5, 5.41) is 10.7. The lowest BCUT2D eigenvalue weighted by atomic mass is 10.2. The molecule has 0 bridgehead atoms. The predicted molar refractivity (Wildman–Crippen MR) is 66.3 cm³/mol. The molecule has 0 aromatic heterocycles. The first kappa shape index (κ1) is 14.7. The Labute approximate surface area is 110 Å². The van der Waals surface area contributed by atoms with Crippen molar-refractivity contribution in [2.24, 2.45) is 5.92 Å². The molecule has 1 aromatic carbocycles. The number of ether oxygens (including phenoxy) is 3. The van der Waals surface area contributed by atoms with Crippen molar-refractivity contribution in [2.75, 3.05) is 20.8 Å². The van der Waals surface area contributed by atoms with Crippen molar-refractivity contribution in [3.63, 3.8) is 0 Å². The summed E-state index contributed by atoms with van der Waals surface area (Å²) < 4.78 is 15.0. The van der Waals surface area contributed by atoms with Crippen LogP contribution in [0.1, 0.15) is 6.92 Å². The fraction of sp³-hybridized carbons (Fsp3) is 0.417. The summed E-state index contributed by atoms with van der Waals surface area (Å²) in [4.78, 5) is 21.4. The highest BCUT2D eigenvalue weighted by Gasteiger charge is 2.17. The van der Waals surface area contributed by atoms with Crippen molar-refractivity contribution in [2.45, 2.75) is 6.92 Å². The fourth-order valence-corrected chi connectivity index (χ4v) is 1.38. The van der Waals surface area contributed by atoms with E-state index >= 15 is 0 Å². The summed E-state index contributed by atoms with van der Waals surface area (Å²) in [6.45, 7) is 1.68. The topological polar surface area (TPSA) is 87.9 Å². The molecule has 0 aliphatic carbocycles. The van der Waals surface area contributed by atoms with Crippen LogP contribution in [0.4, 0.5) is 5.69 Å². The van der Waals surface area contributed by atoms with Gasteiger partial charge in [-0.05, 0) is 13.0 Å². The van der Waals surface area contributed by atoms with Crippen LogP contribution in [-0.2, 0) is 9.53 Å². The zero-order valence-corrected chi connectivity index (χ0v) is 10.9. The monoisotopic (exact) mass is 269 g/mol. The lowest BCUT2D eigenvalue weighted by Crippen LogP contribution is -2.20. The van der Waals surface area contributed by atoms with Crippen LogP contribution in [0.25, 0.3) is 0 Å². The molecule has 0 fully saturated rings. The van der Waals surface area contributed by atoms with Gasteiger partial charge in [0.05, 0.1) is 31.1 Å². The molecule has 0 saturated heterocycles. The van der Waals surface area contributed by atoms with Crippen LogP contribution in [0.3, 0.4) is 0 Å². The second-order valence-electron chi connectivity index (χ2n) is 3.83. The molecule has 7 nitrogen and oxygen atoms in total. The number of nitro benzene ring substituents is 1. The molecule has 0 aliphatic heterocycles. The molecule has 0 N–H and O–H groups in total. The first-order valence-corrected chi connectivity index (χ1v) is 5.52. The Bertz CT molecular complexity index is 473. The maximum atomic E-state index is 11.2. The summed E-state index contributed by atoms with van der Waals surface area (Å²) in [6.07, 6.45) is 0. The third-order valence-electron chi connectivity index (χ3n) is 2.45. The average Bonchev–Trinajstić information content (AvgIpc) is 2.43. The smallest absolute Gasteiger partial charge is 0.311 e. The van der Waals surface area contributed by atoms with Gasteiger partial charge in [-0.25, -0.2) is 0 Å². The number of non-ortho nitro benzene ring substituents is 1. The molecule has 1 aromatic rings. The van der Waals surface area contributed by atoms with E-state index in [-0.39, 0.29) is 18.0 Å². The van der Waals surface area contributed by atoms with Gasteiger partial charge in [0.2, 0.25) is 0 Å². The number of nitro groups is 1. The van der Waals surface area contributed by atoms with Gasteiger partial charge in [0.25, 0.3) is 5.69 Å². The van der Waals surface area contributed by atoms with E-state index in [2.05, 4.69) is 4.74 Å². The molecule has 0 spiro atoms. The number of nitrogens with zero attached hydrogens (tertiary/aromatic N) is 1. The third kappa shape index (κ3) is 3.84. The lowest BCUT2D eigenvalue weighted by molar-refractivity contribution is -0.385. The molecule has 0 heterocycles. The largest absolute Gasteiger partial charge is 0.493 e. The maximum absolute atomic E-state index is 11.2. The summed E-state index contributed by atoms with van der Waals surface area (Å²) in [5.74, 6) is -0.312. The minimum absolute atomic E-state index is 0.0458. The number of hydrogen-bond acceptors (Lipinski definition) is 6. The van der Waals surface area contributed by atoms with Gasteiger partial charge in [-0.3, -0.25) is 14.9 Å². The van der Waals surface area contributed by atoms with Gasteiger partial charge in [0, 0.05) is 6.07 Å². The summed E-state index contributed by atoms with van der Waals surface area (Å²) in [5.41, 5.74) is -0.110. The van der Waals surface area contributed by atoms with Crippen molar-refractivity contribution in [1.82, 2.24) is 0 Å². The molecular formula is C12H15NO6. The molecule has 0 amide bonds. The van der Waals surface area contributed by atoms with Gasteiger partial charge < -0.3 is 14.2 Å². The Morgan fingerprint density at radius 2 is 2.05 bits per heavy atom. The predicted octanol–water partition coefficient (Wildman–Crippen LogP) is 1.79. The van der Waals surface area contributed by atoms with Crippen LogP contribution in [-0.4, -0.2) is 31.7 Å². The summed E-state index contributed by atoms with van der Waals surface area (Å²) in [7, 11) is 2.71. The summed E-state index contributed by atoms with van der Waals surface area (Å²) >= 11 is 0. The maximum Gasteiger partial charge on any atom is 0.311 e. The first-order chi connectivity index (χ1) is 8.99. The number of rotatable bonds is 6. The first-order valence-electron chi connectivity index (χ1n) is 5.52. The van der Waals surface area contributed by atoms with Crippen LogP contribution in [0.2, 0.25) is 0 Å². The molecule has 19 heavy (non-hydrogen) atoms. The SMILES string of the molecule is COC(=O)C(C)COc1cc([N+](=O)[O-])ccc1OC.